The predicted molar refractivity (Wildman–Crippen MR) is 47.6 cm³/mol. The summed E-state index contributed by atoms with van der Waals surface area (Å²) in [6.45, 7) is 1.63. The third-order valence-electron chi connectivity index (χ3n) is 1.81. The summed E-state index contributed by atoms with van der Waals surface area (Å²) in [5.41, 5.74) is 5.54. The summed E-state index contributed by atoms with van der Waals surface area (Å²) < 4.78 is 0. The molecule has 0 saturated carbocycles. The molecular formula is C8H18N2O2. The molecule has 0 radical (unpaired) electrons. The van der Waals surface area contributed by atoms with Crippen molar-refractivity contribution in [3.8, 4) is 0 Å². The van der Waals surface area contributed by atoms with Gasteiger partial charge in [-0.3, -0.25) is 4.79 Å². The van der Waals surface area contributed by atoms with E-state index in [4.69, 9.17) is 10.8 Å². The van der Waals surface area contributed by atoms with Gasteiger partial charge in [-0.2, -0.15) is 0 Å². The van der Waals surface area contributed by atoms with Crippen LogP contribution in [0.5, 0.6) is 0 Å². The number of aliphatic hydroxyl groups excluding tert-OH is 1. The molecule has 0 spiro atoms. The van der Waals surface area contributed by atoms with Crippen LogP contribution >= 0.6 is 0 Å². The van der Waals surface area contributed by atoms with Crippen molar-refractivity contribution < 1.29 is 9.90 Å². The van der Waals surface area contributed by atoms with Gasteiger partial charge in [-0.15, -0.1) is 0 Å². The van der Waals surface area contributed by atoms with Gasteiger partial charge < -0.3 is 15.7 Å². The quantitative estimate of drug-likeness (QED) is 0.607. The van der Waals surface area contributed by atoms with Gasteiger partial charge in [0.1, 0.15) is 0 Å². The third-order valence-corrected chi connectivity index (χ3v) is 1.81. The highest BCUT2D eigenvalue weighted by Crippen LogP contribution is 2.00. The van der Waals surface area contributed by atoms with Gasteiger partial charge in [-0.25, -0.2) is 0 Å². The first-order valence-corrected chi connectivity index (χ1v) is 4.09. The minimum Gasteiger partial charge on any atom is -0.392 e. The number of aliphatic hydroxyl groups is 1. The second-order valence-corrected chi connectivity index (χ2v) is 3.23. The van der Waals surface area contributed by atoms with E-state index >= 15 is 0 Å². The van der Waals surface area contributed by atoms with E-state index < -0.39 is 6.10 Å². The van der Waals surface area contributed by atoms with Crippen molar-refractivity contribution in [2.24, 2.45) is 5.73 Å². The van der Waals surface area contributed by atoms with Crippen LogP contribution in [-0.4, -0.2) is 42.2 Å². The lowest BCUT2D eigenvalue weighted by atomic mass is 10.1. The maximum absolute atomic E-state index is 11.1. The van der Waals surface area contributed by atoms with Crippen molar-refractivity contribution in [1.82, 2.24) is 4.90 Å². The molecule has 3 N–H and O–H groups in total. The van der Waals surface area contributed by atoms with E-state index in [-0.39, 0.29) is 11.9 Å². The third kappa shape index (κ3) is 4.31. The molecule has 0 unspecified atom stereocenters. The number of rotatable bonds is 4. The number of carbonyl (C=O) groups is 1. The summed E-state index contributed by atoms with van der Waals surface area (Å²) in [4.78, 5) is 12.6. The van der Waals surface area contributed by atoms with E-state index in [1.807, 2.05) is 0 Å². The van der Waals surface area contributed by atoms with Gasteiger partial charge in [0, 0.05) is 26.6 Å². The first-order chi connectivity index (χ1) is 5.45. The Morgan fingerprint density at radius 3 is 2.42 bits per heavy atom. The van der Waals surface area contributed by atoms with Crippen molar-refractivity contribution in [2.45, 2.75) is 31.9 Å². The summed E-state index contributed by atoms with van der Waals surface area (Å²) in [5.74, 6) is 0.0473. The van der Waals surface area contributed by atoms with Crippen LogP contribution in [0.2, 0.25) is 0 Å². The Morgan fingerprint density at radius 2 is 2.08 bits per heavy atom. The monoisotopic (exact) mass is 174 g/mol. The fraction of sp³-hybridized carbons (Fsp3) is 0.875. The number of amides is 1. The molecule has 72 valence electrons. The summed E-state index contributed by atoms with van der Waals surface area (Å²) in [6.07, 6.45) is 0.397. The molecule has 12 heavy (non-hydrogen) atoms. The molecule has 4 heteroatoms. The average Bonchev–Trinajstić information content (AvgIpc) is 1.98. The molecule has 0 aliphatic carbocycles. The highest BCUT2D eigenvalue weighted by atomic mass is 16.3. The van der Waals surface area contributed by atoms with E-state index in [0.717, 1.165) is 0 Å². The fourth-order valence-electron chi connectivity index (χ4n) is 0.755. The SMILES string of the molecule is C[C@@H](O)[C@@H](N)CCC(=O)N(C)C. The van der Waals surface area contributed by atoms with Crippen LogP contribution < -0.4 is 5.73 Å². The number of nitrogens with zero attached hydrogens (tertiary/aromatic N) is 1. The Bertz CT molecular complexity index is 146. The van der Waals surface area contributed by atoms with Crippen molar-refractivity contribution in [3.63, 3.8) is 0 Å². The molecule has 0 bridgehead atoms. The molecule has 0 aromatic carbocycles. The Kier molecular flexibility index (Phi) is 4.85. The lowest BCUT2D eigenvalue weighted by Crippen LogP contribution is -2.34. The van der Waals surface area contributed by atoms with Crippen molar-refractivity contribution in [1.29, 1.82) is 0 Å². The highest BCUT2D eigenvalue weighted by molar-refractivity contribution is 5.75. The van der Waals surface area contributed by atoms with Gasteiger partial charge in [-0.05, 0) is 13.3 Å². The van der Waals surface area contributed by atoms with Gasteiger partial charge >= 0.3 is 0 Å². The van der Waals surface area contributed by atoms with Crippen LogP contribution in [0, 0.1) is 0 Å². The normalized spacial score (nSPS) is 15.4. The van der Waals surface area contributed by atoms with E-state index in [2.05, 4.69) is 0 Å². The maximum atomic E-state index is 11.1. The molecule has 0 aromatic rings. The van der Waals surface area contributed by atoms with Gasteiger partial charge in [0.2, 0.25) is 5.91 Å². The number of hydrogen-bond donors (Lipinski definition) is 2. The van der Waals surface area contributed by atoms with Crippen molar-refractivity contribution in [2.75, 3.05) is 14.1 Å². The van der Waals surface area contributed by atoms with Crippen LogP contribution in [0.15, 0.2) is 0 Å². The van der Waals surface area contributed by atoms with E-state index in [0.29, 0.717) is 12.8 Å². The highest BCUT2D eigenvalue weighted by Gasteiger charge is 2.12. The number of hydrogen-bond acceptors (Lipinski definition) is 3. The largest absolute Gasteiger partial charge is 0.392 e. The molecule has 0 aliphatic rings. The Labute approximate surface area is 73.3 Å². The Hall–Kier alpha value is -0.610. The molecule has 4 nitrogen and oxygen atoms in total. The standard InChI is InChI=1S/C8H18N2O2/c1-6(11)7(9)4-5-8(12)10(2)3/h6-7,11H,4-5,9H2,1-3H3/t6-,7+/m1/s1. The lowest BCUT2D eigenvalue weighted by Gasteiger charge is -2.15. The predicted octanol–water partition coefficient (Wildman–Crippen LogP) is -0.437. The van der Waals surface area contributed by atoms with Crippen LogP contribution in [0.3, 0.4) is 0 Å². The lowest BCUT2D eigenvalue weighted by molar-refractivity contribution is -0.128. The van der Waals surface area contributed by atoms with Crippen LogP contribution in [0.4, 0.5) is 0 Å². The van der Waals surface area contributed by atoms with Crippen molar-refractivity contribution in [3.05, 3.63) is 0 Å². The summed E-state index contributed by atoms with van der Waals surface area (Å²) in [6, 6.07) is -0.297. The maximum Gasteiger partial charge on any atom is 0.222 e. The molecule has 0 aromatic heterocycles. The van der Waals surface area contributed by atoms with Crippen LogP contribution in [0.1, 0.15) is 19.8 Å². The molecule has 0 heterocycles. The Balaban J connectivity index is 3.61. The minimum atomic E-state index is -0.542. The zero-order chi connectivity index (χ0) is 9.72. The molecule has 2 atom stereocenters. The van der Waals surface area contributed by atoms with E-state index in [9.17, 15) is 4.79 Å². The molecule has 0 saturated heterocycles. The van der Waals surface area contributed by atoms with Crippen molar-refractivity contribution >= 4 is 5.91 Å². The zero-order valence-electron chi connectivity index (χ0n) is 7.95. The first kappa shape index (κ1) is 11.4. The molecule has 0 aliphatic heterocycles. The molecule has 0 fully saturated rings. The molecule has 1 amide bonds. The minimum absolute atomic E-state index is 0.0473. The zero-order valence-corrected chi connectivity index (χ0v) is 7.95. The van der Waals surface area contributed by atoms with Crippen LogP contribution in [-0.2, 0) is 4.79 Å². The summed E-state index contributed by atoms with van der Waals surface area (Å²) in [5, 5.41) is 9.02. The van der Waals surface area contributed by atoms with Crippen LogP contribution in [0.25, 0.3) is 0 Å². The van der Waals surface area contributed by atoms with Gasteiger partial charge in [0.25, 0.3) is 0 Å². The summed E-state index contributed by atoms with van der Waals surface area (Å²) in [7, 11) is 3.41. The number of nitrogens with two attached hydrogens (primary N) is 1. The second kappa shape index (κ2) is 5.11. The Morgan fingerprint density at radius 1 is 1.58 bits per heavy atom. The molecule has 0 rings (SSSR count). The number of carbonyl (C=O) groups excluding carboxylic acids is 1. The fourth-order valence-corrected chi connectivity index (χ4v) is 0.755. The van der Waals surface area contributed by atoms with E-state index in [1.54, 1.807) is 21.0 Å². The van der Waals surface area contributed by atoms with E-state index in [1.165, 1.54) is 4.90 Å². The topological polar surface area (TPSA) is 66.6 Å². The van der Waals surface area contributed by atoms with Gasteiger partial charge in [-0.1, -0.05) is 0 Å². The van der Waals surface area contributed by atoms with Gasteiger partial charge in [0.15, 0.2) is 0 Å². The van der Waals surface area contributed by atoms with Gasteiger partial charge in [0.05, 0.1) is 6.10 Å². The molecular weight excluding hydrogens is 156 g/mol. The smallest absolute Gasteiger partial charge is 0.222 e. The summed E-state index contributed by atoms with van der Waals surface area (Å²) >= 11 is 0. The average molecular weight is 174 g/mol. The first-order valence-electron chi connectivity index (χ1n) is 4.09. The second-order valence-electron chi connectivity index (χ2n) is 3.23.